The van der Waals surface area contributed by atoms with E-state index >= 15 is 0 Å². The molecule has 0 radical (unpaired) electrons. The normalized spacial score (nSPS) is 13.9. The first-order valence-electron chi connectivity index (χ1n) is 4.55. The third kappa shape index (κ3) is 1.03. The second kappa shape index (κ2) is 2.71. The van der Waals surface area contributed by atoms with Crippen LogP contribution in [0.2, 0.25) is 0 Å². The van der Waals surface area contributed by atoms with Crippen LogP contribution in [0.1, 0.15) is 11.1 Å². The smallest absolute Gasteiger partial charge is 0.0211 e. The van der Waals surface area contributed by atoms with E-state index in [1.807, 2.05) is 0 Å². The zero-order valence-electron chi connectivity index (χ0n) is 7.18. The molecule has 1 aliphatic carbocycles. The minimum absolute atomic E-state index is 1.27. The van der Waals surface area contributed by atoms with E-state index in [4.69, 9.17) is 0 Å². The lowest BCUT2D eigenvalue weighted by molar-refractivity contribution is 0.850. The number of hydrogen-bond donors (Lipinski definition) is 0. The lowest BCUT2D eigenvalue weighted by atomic mass is 9.84. The fourth-order valence-electron chi connectivity index (χ4n) is 2.05. The van der Waals surface area contributed by atoms with Crippen LogP contribution in [-0.2, 0) is 12.8 Å². The summed E-state index contributed by atoms with van der Waals surface area (Å²) in [6.45, 7) is 0. The maximum absolute atomic E-state index is 2.43. The summed E-state index contributed by atoms with van der Waals surface area (Å²) in [5, 5.41) is 2.89. The largest absolute Gasteiger partial charge is 0.0616 e. The molecule has 0 N–H and O–H groups in total. The number of benzene rings is 2. The zero-order chi connectivity index (χ0) is 8.84. The molecule has 0 amide bonds. The van der Waals surface area contributed by atoms with E-state index < -0.39 is 0 Å². The molecular formula is C12H9I. The number of halogens is 1. The Kier molecular flexibility index (Phi) is 1.62. The van der Waals surface area contributed by atoms with Crippen molar-refractivity contribution in [3.8, 4) is 0 Å². The summed E-state index contributed by atoms with van der Waals surface area (Å²) >= 11 is 2.43. The highest BCUT2D eigenvalue weighted by Gasteiger charge is 2.17. The third-order valence-corrected chi connectivity index (χ3v) is 3.73. The molecule has 0 spiro atoms. The molecule has 0 unspecified atom stereocenters. The van der Waals surface area contributed by atoms with E-state index in [-0.39, 0.29) is 0 Å². The molecule has 0 atom stereocenters. The van der Waals surface area contributed by atoms with Crippen LogP contribution in [0.4, 0.5) is 0 Å². The van der Waals surface area contributed by atoms with Gasteiger partial charge in [0.25, 0.3) is 0 Å². The van der Waals surface area contributed by atoms with Gasteiger partial charge in [-0.25, -0.2) is 0 Å². The molecule has 0 saturated carbocycles. The minimum atomic E-state index is 1.27. The van der Waals surface area contributed by atoms with Crippen LogP contribution in [0.5, 0.6) is 0 Å². The Hall–Kier alpha value is -0.570. The van der Waals surface area contributed by atoms with E-state index in [0.717, 1.165) is 0 Å². The van der Waals surface area contributed by atoms with Crippen LogP contribution < -0.4 is 0 Å². The summed E-state index contributed by atoms with van der Waals surface area (Å²) in [6, 6.07) is 11.1. The molecular weight excluding hydrogens is 271 g/mol. The summed E-state index contributed by atoms with van der Waals surface area (Å²) in [6.07, 6.45) is 2.54. The first kappa shape index (κ1) is 7.80. The van der Waals surface area contributed by atoms with Crippen molar-refractivity contribution in [2.24, 2.45) is 0 Å². The van der Waals surface area contributed by atoms with Gasteiger partial charge in [0.2, 0.25) is 0 Å². The van der Waals surface area contributed by atoms with Crippen molar-refractivity contribution >= 4 is 33.4 Å². The van der Waals surface area contributed by atoms with Gasteiger partial charge < -0.3 is 0 Å². The number of hydrogen-bond acceptors (Lipinski definition) is 0. The monoisotopic (exact) mass is 280 g/mol. The molecule has 1 heteroatoms. The Labute approximate surface area is 91.1 Å². The summed E-state index contributed by atoms with van der Waals surface area (Å²) in [4.78, 5) is 0. The molecule has 3 rings (SSSR count). The predicted molar refractivity (Wildman–Crippen MR) is 64.1 cm³/mol. The van der Waals surface area contributed by atoms with Crippen molar-refractivity contribution in [2.75, 3.05) is 0 Å². The lowest BCUT2D eigenvalue weighted by Gasteiger charge is -2.21. The van der Waals surface area contributed by atoms with Crippen molar-refractivity contribution in [1.82, 2.24) is 0 Å². The Morgan fingerprint density at radius 3 is 2.46 bits per heavy atom. The summed E-state index contributed by atoms with van der Waals surface area (Å²) in [5.41, 5.74) is 3.14. The Morgan fingerprint density at radius 1 is 1.00 bits per heavy atom. The molecule has 1 aliphatic rings. The predicted octanol–water partition coefficient (Wildman–Crippen LogP) is 3.54. The van der Waals surface area contributed by atoms with E-state index in [0.29, 0.717) is 0 Å². The van der Waals surface area contributed by atoms with Crippen LogP contribution in [0.25, 0.3) is 10.8 Å². The topological polar surface area (TPSA) is 0 Å². The highest BCUT2D eigenvalue weighted by molar-refractivity contribution is 14.1. The molecule has 2 aromatic carbocycles. The number of fused-ring (bicyclic) bond motifs is 3. The van der Waals surface area contributed by atoms with Crippen LogP contribution in [-0.4, -0.2) is 0 Å². The Morgan fingerprint density at radius 2 is 1.77 bits per heavy atom. The molecule has 0 fully saturated rings. The quantitative estimate of drug-likeness (QED) is 0.647. The summed E-state index contributed by atoms with van der Waals surface area (Å²) in [5.74, 6) is 0. The minimum Gasteiger partial charge on any atom is -0.0616 e. The molecule has 13 heavy (non-hydrogen) atoms. The number of aryl methyl sites for hydroxylation is 2. The molecule has 0 aliphatic heterocycles. The molecule has 0 aromatic heterocycles. The standard InChI is InChI=1S/C12H9I/c13-12-7-8-5-6-9(8)10-3-1-2-4-11(10)12/h1-4,7H,5-6H2. The van der Waals surface area contributed by atoms with Crippen LogP contribution >= 0.6 is 22.6 Å². The van der Waals surface area contributed by atoms with Crippen molar-refractivity contribution in [3.05, 3.63) is 45.0 Å². The highest BCUT2D eigenvalue weighted by atomic mass is 127. The van der Waals surface area contributed by atoms with Crippen LogP contribution in [0.15, 0.2) is 30.3 Å². The van der Waals surface area contributed by atoms with Gasteiger partial charge in [-0.1, -0.05) is 24.3 Å². The molecule has 64 valence electrons. The first-order chi connectivity index (χ1) is 6.36. The summed E-state index contributed by atoms with van der Waals surface area (Å²) < 4.78 is 1.40. The van der Waals surface area contributed by atoms with Crippen LogP contribution in [0, 0.1) is 3.57 Å². The average Bonchev–Trinajstić information content (AvgIpc) is 2.11. The highest BCUT2D eigenvalue weighted by Crippen LogP contribution is 2.33. The first-order valence-corrected chi connectivity index (χ1v) is 5.63. The van der Waals surface area contributed by atoms with Crippen LogP contribution in [0.3, 0.4) is 0 Å². The second-order valence-electron chi connectivity index (χ2n) is 3.54. The van der Waals surface area contributed by atoms with Gasteiger partial charge in [-0.05, 0) is 63.4 Å². The average molecular weight is 280 g/mol. The van der Waals surface area contributed by atoms with Crippen molar-refractivity contribution in [3.63, 3.8) is 0 Å². The van der Waals surface area contributed by atoms with Gasteiger partial charge >= 0.3 is 0 Å². The maximum Gasteiger partial charge on any atom is 0.0211 e. The van der Waals surface area contributed by atoms with Gasteiger partial charge in [0.1, 0.15) is 0 Å². The Balaban J connectivity index is 2.52. The van der Waals surface area contributed by atoms with Gasteiger partial charge in [-0.2, -0.15) is 0 Å². The van der Waals surface area contributed by atoms with E-state index in [1.165, 1.54) is 27.2 Å². The zero-order valence-corrected chi connectivity index (χ0v) is 9.34. The number of rotatable bonds is 0. The summed E-state index contributed by atoms with van der Waals surface area (Å²) in [7, 11) is 0. The van der Waals surface area contributed by atoms with Gasteiger partial charge in [-0.3, -0.25) is 0 Å². The fourth-order valence-corrected chi connectivity index (χ4v) is 2.89. The second-order valence-corrected chi connectivity index (χ2v) is 4.70. The SMILES string of the molecule is Ic1cc2c(c3ccccc13)CC2. The molecule has 0 heterocycles. The van der Waals surface area contributed by atoms with Gasteiger partial charge in [0.15, 0.2) is 0 Å². The van der Waals surface area contributed by atoms with Crippen molar-refractivity contribution in [1.29, 1.82) is 0 Å². The molecule has 0 nitrogen and oxygen atoms in total. The van der Waals surface area contributed by atoms with Crippen molar-refractivity contribution < 1.29 is 0 Å². The van der Waals surface area contributed by atoms with E-state index in [9.17, 15) is 0 Å². The fraction of sp³-hybridized carbons (Fsp3) is 0.167. The van der Waals surface area contributed by atoms with E-state index in [2.05, 4.69) is 52.9 Å². The van der Waals surface area contributed by atoms with Gasteiger partial charge in [-0.15, -0.1) is 0 Å². The van der Waals surface area contributed by atoms with E-state index in [1.54, 1.807) is 11.1 Å². The molecule has 0 bridgehead atoms. The third-order valence-electron chi connectivity index (χ3n) is 2.84. The Bertz CT molecular complexity index is 486. The van der Waals surface area contributed by atoms with Crippen molar-refractivity contribution in [2.45, 2.75) is 12.8 Å². The molecule has 0 saturated heterocycles. The lowest BCUT2D eigenvalue weighted by Crippen LogP contribution is -2.09. The molecule has 2 aromatic rings. The van der Waals surface area contributed by atoms with Gasteiger partial charge in [0.05, 0.1) is 0 Å². The maximum atomic E-state index is 2.43. The van der Waals surface area contributed by atoms with Gasteiger partial charge in [0, 0.05) is 3.57 Å².